The molecule has 32 heavy (non-hydrogen) atoms. The second-order valence-electron chi connectivity index (χ2n) is 10.3. The molecule has 2 atom stereocenters. The van der Waals surface area contributed by atoms with Crippen molar-refractivity contribution in [2.45, 2.75) is 63.2 Å². The minimum Gasteiger partial charge on any atom is -0.371 e. The molecule has 1 aromatic heterocycles. The van der Waals surface area contributed by atoms with Crippen molar-refractivity contribution >= 4 is 5.69 Å². The second kappa shape index (κ2) is 9.50. The van der Waals surface area contributed by atoms with Crippen LogP contribution in [-0.4, -0.2) is 67.6 Å². The van der Waals surface area contributed by atoms with Crippen LogP contribution in [0.1, 0.15) is 54.1 Å². The molecule has 1 N–H and O–H groups in total. The summed E-state index contributed by atoms with van der Waals surface area (Å²) in [6, 6.07) is 13.0. The largest absolute Gasteiger partial charge is 0.371 e. The van der Waals surface area contributed by atoms with Crippen molar-refractivity contribution < 1.29 is 0 Å². The Balaban J connectivity index is 1.28. The Bertz CT molecular complexity index is 918. The maximum atomic E-state index is 4.77. The summed E-state index contributed by atoms with van der Waals surface area (Å²) in [5, 5.41) is 3.83. The van der Waals surface area contributed by atoms with Crippen molar-refractivity contribution in [3.8, 4) is 0 Å². The van der Waals surface area contributed by atoms with Crippen molar-refractivity contribution in [3.05, 3.63) is 58.9 Å². The third-order valence-electron chi connectivity index (χ3n) is 8.02. The highest BCUT2D eigenvalue weighted by atomic mass is 15.2. The molecule has 1 saturated heterocycles. The van der Waals surface area contributed by atoms with Gasteiger partial charge in [0.05, 0.1) is 11.7 Å². The van der Waals surface area contributed by atoms with Crippen molar-refractivity contribution in [2.24, 2.45) is 0 Å². The smallest absolute Gasteiger partial charge is 0.0607 e. The number of anilines is 1. The molecule has 5 heteroatoms. The number of nitrogens with one attached hydrogen (secondary N) is 1. The van der Waals surface area contributed by atoms with E-state index in [0.717, 1.165) is 25.6 Å². The predicted octanol–water partition coefficient (Wildman–Crippen LogP) is 3.64. The van der Waals surface area contributed by atoms with Gasteiger partial charge >= 0.3 is 0 Å². The highest BCUT2D eigenvalue weighted by molar-refractivity contribution is 5.58. The molecule has 0 bridgehead atoms. The van der Waals surface area contributed by atoms with E-state index in [1.807, 2.05) is 6.20 Å². The molecule has 1 fully saturated rings. The molecule has 3 heterocycles. The van der Waals surface area contributed by atoms with E-state index in [4.69, 9.17) is 4.98 Å². The quantitative estimate of drug-likeness (QED) is 0.779. The van der Waals surface area contributed by atoms with Gasteiger partial charge in [0.1, 0.15) is 0 Å². The zero-order chi connectivity index (χ0) is 22.1. The van der Waals surface area contributed by atoms with Crippen LogP contribution >= 0.6 is 0 Å². The van der Waals surface area contributed by atoms with E-state index in [2.05, 4.69) is 71.5 Å². The molecule has 5 nitrogen and oxygen atoms in total. The standard InChI is InChI=1S/C27H39N5/c1-30(2)23-12-15-32(16-13-23)25-10-5-8-21-18-29-22(17-24(21)25)19-31(3)26-11-4-7-20-9-6-14-28-27(20)26/h5-6,8-10,14,22-23,26,29H,4,7,11-13,15-19H2,1-3H3/t22-,26?/m1/s1. The van der Waals surface area contributed by atoms with Crippen LogP contribution in [0.15, 0.2) is 36.5 Å². The van der Waals surface area contributed by atoms with Gasteiger partial charge in [0.2, 0.25) is 0 Å². The number of fused-ring (bicyclic) bond motifs is 2. The Kier molecular flexibility index (Phi) is 6.49. The topological polar surface area (TPSA) is 34.6 Å². The van der Waals surface area contributed by atoms with Gasteiger partial charge in [-0.1, -0.05) is 18.2 Å². The minimum absolute atomic E-state index is 0.448. The van der Waals surface area contributed by atoms with E-state index in [-0.39, 0.29) is 0 Å². The number of piperidine rings is 1. The first-order chi connectivity index (χ1) is 15.6. The van der Waals surface area contributed by atoms with E-state index in [0.29, 0.717) is 12.1 Å². The molecule has 172 valence electrons. The molecule has 3 aliphatic rings. The Hall–Kier alpha value is -1.95. The van der Waals surface area contributed by atoms with Crippen LogP contribution in [0.5, 0.6) is 0 Å². The Morgan fingerprint density at radius 3 is 2.66 bits per heavy atom. The van der Waals surface area contributed by atoms with E-state index >= 15 is 0 Å². The summed E-state index contributed by atoms with van der Waals surface area (Å²) in [7, 11) is 6.74. The minimum atomic E-state index is 0.448. The number of hydrogen-bond acceptors (Lipinski definition) is 5. The molecule has 2 aromatic rings. The van der Waals surface area contributed by atoms with Gasteiger partial charge in [-0.25, -0.2) is 0 Å². The van der Waals surface area contributed by atoms with Gasteiger partial charge in [-0.3, -0.25) is 9.88 Å². The van der Waals surface area contributed by atoms with Crippen molar-refractivity contribution in [3.63, 3.8) is 0 Å². The van der Waals surface area contributed by atoms with Crippen LogP contribution in [0, 0.1) is 0 Å². The van der Waals surface area contributed by atoms with Crippen molar-refractivity contribution in [2.75, 3.05) is 45.7 Å². The maximum Gasteiger partial charge on any atom is 0.0607 e. The summed E-state index contributed by atoms with van der Waals surface area (Å²) in [4.78, 5) is 12.4. The predicted molar refractivity (Wildman–Crippen MR) is 132 cm³/mol. The Morgan fingerprint density at radius 1 is 1.03 bits per heavy atom. The summed E-state index contributed by atoms with van der Waals surface area (Å²) in [6.45, 7) is 4.39. The summed E-state index contributed by atoms with van der Waals surface area (Å²) >= 11 is 0. The number of benzene rings is 1. The molecule has 1 aromatic carbocycles. The lowest BCUT2D eigenvalue weighted by molar-refractivity contribution is 0.191. The highest BCUT2D eigenvalue weighted by Gasteiger charge is 2.30. The van der Waals surface area contributed by atoms with E-state index in [9.17, 15) is 0 Å². The van der Waals surface area contributed by atoms with Gasteiger partial charge in [0.25, 0.3) is 0 Å². The van der Waals surface area contributed by atoms with Crippen LogP contribution in [0.3, 0.4) is 0 Å². The van der Waals surface area contributed by atoms with E-state index in [1.54, 1.807) is 5.56 Å². The monoisotopic (exact) mass is 433 g/mol. The molecule has 1 unspecified atom stereocenters. The van der Waals surface area contributed by atoms with Crippen molar-refractivity contribution in [1.29, 1.82) is 0 Å². The zero-order valence-corrected chi connectivity index (χ0v) is 20.1. The number of aromatic nitrogens is 1. The third-order valence-corrected chi connectivity index (χ3v) is 8.02. The number of rotatable bonds is 5. The molecule has 5 rings (SSSR count). The summed E-state index contributed by atoms with van der Waals surface area (Å²) in [6.07, 6.45) is 9.26. The molecule has 0 amide bonds. The lowest BCUT2D eigenvalue weighted by atomic mass is 9.89. The van der Waals surface area contributed by atoms with Crippen LogP contribution in [0.4, 0.5) is 5.69 Å². The first-order valence-electron chi connectivity index (χ1n) is 12.5. The normalized spacial score (nSPS) is 24.0. The Labute approximate surface area is 193 Å². The SMILES string of the molecule is CN(C)C1CCN(c2cccc3c2C[C@H](CN(C)C2CCCc4cccnc42)NC3)CC1. The first kappa shape index (κ1) is 21.9. The van der Waals surface area contributed by atoms with Gasteiger partial charge in [-0.15, -0.1) is 0 Å². The number of aryl methyl sites for hydroxylation is 1. The highest BCUT2D eigenvalue weighted by Crippen LogP contribution is 2.34. The number of nitrogens with zero attached hydrogens (tertiary/aromatic N) is 4. The van der Waals surface area contributed by atoms with Gasteiger partial charge in [-0.2, -0.15) is 0 Å². The molecule has 0 saturated carbocycles. The Morgan fingerprint density at radius 2 is 1.84 bits per heavy atom. The molecule has 2 aliphatic heterocycles. The molecule has 0 spiro atoms. The van der Waals surface area contributed by atoms with Gasteiger partial charge in [0.15, 0.2) is 0 Å². The van der Waals surface area contributed by atoms with Crippen LogP contribution < -0.4 is 10.2 Å². The van der Waals surface area contributed by atoms with Crippen LogP contribution in [0.25, 0.3) is 0 Å². The van der Waals surface area contributed by atoms with Crippen molar-refractivity contribution in [1.82, 2.24) is 20.1 Å². The first-order valence-corrected chi connectivity index (χ1v) is 12.5. The maximum absolute atomic E-state index is 4.77. The average molecular weight is 434 g/mol. The summed E-state index contributed by atoms with van der Waals surface area (Å²) in [5.41, 5.74) is 7.30. The fraction of sp³-hybridized carbons (Fsp3) is 0.593. The fourth-order valence-corrected chi connectivity index (χ4v) is 6.13. The third kappa shape index (κ3) is 4.43. The number of hydrogen-bond donors (Lipinski definition) is 1. The van der Waals surface area contributed by atoms with Gasteiger partial charge in [0, 0.05) is 50.1 Å². The van der Waals surface area contributed by atoms with Gasteiger partial charge in [-0.05, 0) is 88.5 Å². The number of pyridine rings is 1. The average Bonchev–Trinajstić information content (AvgIpc) is 2.83. The van der Waals surface area contributed by atoms with E-state index in [1.165, 1.54) is 67.7 Å². The summed E-state index contributed by atoms with van der Waals surface area (Å²) in [5.74, 6) is 0. The summed E-state index contributed by atoms with van der Waals surface area (Å²) < 4.78 is 0. The number of likely N-dealkylation sites (N-methyl/N-ethyl adjacent to an activating group) is 1. The fourth-order valence-electron chi connectivity index (χ4n) is 6.13. The van der Waals surface area contributed by atoms with E-state index < -0.39 is 0 Å². The lowest BCUT2D eigenvalue weighted by Crippen LogP contribution is -2.46. The molecule has 1 aliphatic carbocycles. The molecule has 0 radical (unpaired) electrons. The lowest BCUT2D eigenvalue weighted by Gasteiger charge is -2.40. The molecular formula is C27H39N5. The molecular weight excluding hydrogens is 394 g/mol. The van der Waals surface area contributed by atoms with Gasteiger partial charge < -0.3 is 15.1 Å². The van der Waals surface area contributed by atoms with Crippen LogP contribution in [-0.2, 0) is 19.4 Å². The zero-order valence-electron chi connectivity index (χ0n) is 20.1. The van der Waals surface area contributed by atoms with Crippen LogP contribution in [0.2, 0.25) is 0 Å². The second-order valence-corrected chi connectivity index (χ2v) is 10.3.